The minimum Gasteiger partial charge on any atom is -0.480 e. The van der Waals surface area contributed by atoms with Crippen molar-refractivity contribution in [3.05, 3.63) is 30.3 Å². The maximum Gasteiger partial charge on any atom is 0.321 e. The summed E-state index contributed by atoms with van der Waals surface area (Å²) in [4.78, 5) is 22.9. The standard InChI is InChI=1S/C16H24N2O5S/c1-2-3-7-12-17-15(19)11-10-14(16(20)21)18-24(22,23)13-8-5-4-6-9-13/h4-6,8-9,14,18H,2-3,7,10-12H2,1H3,(H,17,19)(H,20,21)/t14-/m0/s1. The van der Waals surface area contributed by atoms with Gasteiger partial charge in [0.1, 0.15) is 6.04 Å². The van der Waals surface area contributed by atoms with Gasteiger partial charge in [-0.2, -0.15) is 4.72 Å². The van der Waals surface area contributed by atoms with Gasteiger partial charge in [-0.1, -0.05) is 38.0 Å². The predicted octanol–water partition coefficient (Wildman–Crippen LogP) is 1.50. The average molecular weight is 356 g/mol. The predicted molar refractivity (Wildman–Crippen MR) is 90.0 cm³/mol. The van der Waals surface area contributed by atoms with Crippen LogP contribution in [0.4, 0.5) is 0 Å². The fourth-order valence-electron chi connectivity index (χ4n) is 2.05. The summed E-state index contributed by atoms with van der Waals surface area (Å²) in [6.07, 6.45) is 2.75. The van der Waals surface area contributed by atoms with Gasteiger partial charge in [0.15, 0.2) is 0 Å². The Balaban J connectivity index is 2.56. The minimum absolute atomic E-state index is 0.0136. The molecule has 0 saturated carbocycles. The number of carboxylic acids is 1. The topological polar surface area (TPSA) is 113 Å². The molecule has 0 aromatic heterocycles. The second-order valence-electron chi connectivity index (χ2n) is 5.42. The van der Waals surface area contributed by atoms with Crippen LogP contribution >= 0.6 is 0 Å². The summed E-state index contributed by atoms with van der Waals surface area (Å²) in [5, 5.41) is 11.9. The van der Waals surface area contributed by atoms with Gasteiger partial charge < -0.3 is 10.4 Å². The first kappa shape index (κ1) is 20.1. The summed E-state index contributed by atoms with van der Waals surface area (Å²) in [7, 11) is -3.94. The van der Waals surface area contributed by atoms with Gasteiger partial charge in [0.2, 0.25) is 15.9 Å². The van der Waals surface area contributed by atoms with Crippen LogP contribution in [-0.4, -0.2) is 38.0 Å². The van der Waals surface area contributed by atoms with Crippen molar-refractivity contribution in [3.8, 4) is 0 Å². The van der Waals surface area contributed by atoms with E-state index in [1.165, 1.54) is 12.1 Å². The number of sulfonamides is 1. The Morgan fingerprint density at radius 3 is 2.42 bits per heavy atom. The summed E-state index contributed by atoms with van der Waals surface area (Å²) >= 11 is 0. The molecule has 3 N–H and O–H groups in total. The molecule has 0 aliphatic heterocycles. The SMILES string of the molecule is CCCCCNC(=O)CC[C@H](NS(=O)(=O)c1ccccc1)C(=O)O. The second-order valence-corrected chi connectivity index (χ2v) is 7.13. The molecule has 0 saturated heterocycles. The zero-order chi connectivity index (χ0) is 18.0. The summed E-state index contributed by atoms with van der Waals surface area (Å²) in [6, 6.07) is 6.17. The first-order valence-electron chi connectivity index (χ1n) is 7.93. The first-order valence-corrected chi connectivity index (χ1v) is 9.42. The van der Waals surface area contributed by atoms with E-state index in [0.717, 1.165) is 19.3 Å². The molecule has 134 valence electrons. The zero-order valence-corrected chi connectivity index (χ0v) is 14.5. The lowest BCUT2D eigenvalue weighted by Gasteiger charge is -2.14. The van der Waals surface area contributed by atoms with Gasteiger partial charge in [-0.25, -0.2) is 8.42 Å². The van der Waals surface area contributed by atoms with Gasteiger partial charge in [0.25, 0.3) is 0 Å². The van der Waals surface area contributed by atoms with Crippen molar-refractivity contribution < 1.29 is 23.1 Å². The Hall–Kier alpha value is -1.93. The fourth-order valence-corrected chi connectivity index (χ4v) is 3.30. The highest BCUT2D eigenvalue weighted by atomic mass is 32.2. The normalized spacial score (nSPS) is 12.5. The molecule has 0 aliphatic carbocycles. The highest BCUT2D eigenvalue weighted by Crippen LogP contribution is 2.10. The van der Waals surface area contributed by atoms with Crippen molar-refractivity contribution in [2.24, 2.45) is 0 Å². The number of benzene rings is 1. The highest BCUT2D eigenvalue weighted by Gasteiger charge is 2.25. The van der Waals surface area contributed by atoms with E-state index in [0.29, 0.717) is 6.54 Å². The molecule has 0 heterocycles. The van der Waals surface area contributed by atoms with E-state index < -0.39 is 22.0 Å². The Morgan fingerprint density at radius 1 is 1.17 bits per heavy atom. The van der Waals surface area contributed by atoms with Crippen LogP contribution in [0.2, 0.25) is 0 Å². The molecule has 0 spiro atoms. The number of hydrogen-bond donors (Lipinski definition) is 3. The molecule has 0 unspecified atom stereocenters. The van der Waals surface area contributed by atoms with Crippen LogP contribution in [0.3, 0.4) is 0 Å². The van der Waals surface area contributed by atoms with Gasteiger partial charge in [0.05, 0.1) is 4.90 Å². The van der Waals surface area contributed by atoms with Gasteiger partial charge in [-0.15, -0.1) is 0 Å². The molecule has 0 radical (unpaired) electrons. The van der Waals surface area contributed by atoms with Crippen molar-refractivity contribution in [3.63, 3.8) is 0 Å². The number of unbranched alkanes of at least 4 members (excludes halogenated alkanes) is 2. The van der Waals surface area contributed by atoms with Crippen molar-refractivity contribution in [1.82, 2.24) is 10.0 Å². The van der Waals surface area contributed by atoms with Crippen molar-refractivity contribution in [2.75, 3.05) is 6.54 Å². The third-order valence-electron chi connectivity index (χ3n) is 3.41. The summed E-state index contributed by atoms with van der Waals surface area (Å²) in [5.74, 6) is -1.59. The van der Waals surface area contributed by atoms with Gasteiger partial charge in [-0.05, 0) is 25.0 Å². The van der Waals surface area contributed by atoms with Crippen LogP contribution in [0.15, 0.2) is 35.2 Å². The third kappa shape index (κ3) is 7.10. The van der Waals surface area contributed by atoms with Crippen LogP contribution in [0.1, 0.15) is 39.0 Å². The summed E-state index contributed by atoms with van der Waals surface area (Å²) in [6.45, 7) is 2.60. The van der Waals surface area contributed by atoms with E-state index in [-0.39, 0.29) is 23.6 Å². The minimum atomic E-state index is -3.94. The first-order chi connectivity index (χ1) is 11.4. The molecular weight excluding hydrogens is 332 g/mol. The number of aliphatic carboxylic acids is 1. The Bertz CT molecular complexity index is 631. The second kappa shape index (κ2) is 10.0. The third-order valence-corrected chi connectivity index (χ3v) is 4.90. The van der Waals surface area contributed by atoms with E-state index in [1.807, 2.05) is 0 Å². The number of amides is 1. The molecule has 24 heavy (non-hydrogen) atoms. The highest BCUT2D eigenvalue weighted by molar-refractivity contribution is 7.89. The molecule has 0 bridgehead atoms. The fraction of sp³-hybridized carbons (Fsp3) is 0.500. The lowest BCUT2D eigenvalue weighted by Crippen LogP contribution is -2.41. The number of hydrogen-bond acceptors (Lipinski definition) is 4. The molecule has 1 aromatic carbocycles. The average Bonchev–Trinajstić information content (AvgIpc) is 2.56. The van der Waals surface area contributed by atoms with Gasteiger partial charge >= 0.3 is 5.97 Å². The smallest absolute Gasteiger partial charge is 0.321 e. The van der Waals surface area contributed by atoms with Crippen LogP contribution in [0.25, 0.3) is 0 Å². The molecule has 1 atom stereocenters. The molecule has 8 heteroatoms. The quantitative estimate of drug-likeness (QED) is 0.520. The zero-order valence-electron chi connectivity index (χ0n) is 13.7. The molecule has 1 rings (SSSR count). The molecule has 7 nitrogen and oxygen atoms in total. The number of carbonyl (C=O) groups excluding carboxylic acids is 1. The van der Waals surface area contributed by atoms with E-state index in [9.17, 15) is 23.1 Å². The van der Waals surface area contributed by atoms with Crippen molar-refractivity contribution >= 4 is 21.9 Å². The van der Waals surface area contributed by atoms with E-state index in [1.54, 1.807) is 18.2 Å². The van der Waals surface area contributed by atoms with Crippen LogP contribution in [0.5, 0.6) is 0 Å². The van der Waals surface area contributed by atoms with Gasteiger partial charge in [-0.3, -0.25) is 9.59 Å². The van der Waals surface area contributed by atoms with E-state index in [2.05, 4.69) is 17.0 Å². The molecular formula is C16H24N2O5S. The maximum absolute atomic E-state index is 12.2. The molecule has 1 amide bonds. The Kier molecular flexibility index (Phi) is 8.42. The van der Waals surface area contributed by atoms with Crippen molar-refractivity contribution in [1.29, 1.82) is 0 Å². The van der Waals surface area contributed by atoms with E-state index >= 15 is 0 Å². The Labute approximate surface area is 142 Å². The number of rotatable bonds is 11. The molecule has 1 aromatic rings. The number of carbonyl (C=O) groups is 2. The van der Waals surface area contributed by atoms with Gasteiger partial charge in [0, 0.05) is 13.0 Å². The number of nitrogens with one attached hydrogen (secondary N) is 2. The lowest BCUT2D eigenvalue weighted by molar-refractivity contribution is -0.139. The number of carboxylic acid groups (broad SMARTS) is 1. The summed E-state index contributed by atoms with van der Waals surface area (Å²) < 4.78 is 26.5. The monoisotopic (exact) mass is 356 g/mol. The van der Waals surface area contributed by atoms with Crippen molar-refractivity contribution in [2.45, 2.75) is 50.0 Å². The maximum atomic E-state index is 12.2. The molecule has 0 aliphatic rings. The van der Waals surface area contributed by atoms with E-state index in [4.69, 9.17) is 0 Å². The Morgan fingerprint density at radius 2 is 1.83 bits per heavy atom. The van der Waals surface area contributed by atoms with Crippen LogP contribution in [0, 0.1) is 0 Å². The molecule has 0 fully saturated rings. The largest absolute Gasteiger partial charge is 0.480 e. The van der Waals surface area contributed by atoms with Crippen LogP contribution < -0.4 is 10.0 Å². The van der Waals surface area contributed by atoms with Crippen LogP contribution in [-0.2, 0) is 19.6 Å². The lowest BCUT2D eigenvalue weighted by atomic mass is 10.1. The summed E-state index contributed by atoms with van der Waals surface area (Å²) in [5.41, 5.74) is 0.